The van der Waals surface area contributed by atoms with Crippen molar-refractivity contribution in [1.82, 2.24) is 0 Å². The number of nitrogens with two attached hydrogens (primary N) is 1. The minimum Gasteiger partial charge on any atom is -0.493 e. The van der Waals surface area contributed by atoms with E-state index in [2.05, 4.69) is 19.9 Å². The molecule has 0 bridgehead atoms. The Balaban J connectivity index is 1.59. The molecule has 3 aromatic carbocycles. The van der Waals surface area contributed by atoms with E-state index in [1.165, 1.54) is 6.08 Å². The Morgan fingerprint density at radius 3 is 2.67 bits per heavy atom. The minimum absolute atomic E-state index is 0.0201. The number of carbonyl (C=O) groups is 1. The Labute approximate surface area is 233 Å². The van der Waals surface area contributed by atoms with Crippen LogP contribution in [0.3, 0.4) is 0 Å². The second-order valence-electron chi connectivity index (χ2n) is 9.34. The van der Waals surface area contributed by atoms with Crippen molar-refractivity contribution in [2.45, 2.75) is 26.2 Å². The molecule has 0 saturated heterocycles. The first-order chi connectivity index (χ1) is 18.8. The summed E-state index contributed by atoms with van der Waals surface area (Å²) < 4.78 is 22.7. The summed E-state index contributed by atoms with van der Waals surface area (Å²) in [5.41, 5.74) is 8.59. The van der Waals surface area contributed by atoms with E-state index in [4.69, 9.17) is 36.3 Å². The molecule has 39 heavy (non-hydrogen) atoms. The predicted molar refractivity (Wildman–Crippen MR) is 150 cm³/mol. The SMILES string of the molecule is COc1cc(C2C(C#N)=C(N)Oc3cc(OC(=O)/C=C/c4ccccc4Cl)ccc32)ccc1OCCC(C)C. The van der Waals surface area contributed by atoms with Gasteiger partial charge in [0.05, 0.1) is 19.6 Å². The first kappa shape index (κ1) is 27.6. The molecule has 1 atom stereocenters. The van der Waals surface area contributed by atoms with Crippen LogP contribution in [0.1, 0.15) is 42.9 Å². The molecule has 0 fully saturated rings. The highest BCUT2D eigenvalue weighted by molar-refractivity contribution is 6.32. The number of methoxy groups -OCH3 is 1. The summed E-state index contributed by atoms with van der Waals surface area (Å²) in [5, 5.41) is 10.4. The number of ether oxygens (including phenoxy) is 4. The standard InChI is InChI=1S/C31H29ClN2O5/c1-19(2)14-15-37-26-12-8-21(16-28(26)36-3)30-23-11-10-22(17-27(23)39-31(34)24(30)18-33)38-29(35)13-9-20-6-4-5-7-25(20)32/h4-13,16-17,19,30H,14-15,34H2,1-3H3/b13-9+. The monoisotopic (exact) mass is 544 g/mol. The van der Waals surface area contributed by atoms with Crippen molar-refractivity contribution in [2.75, 3.05) is 13.7 Å². The third kappa shape index (κ3) is 6.54. The van der Waals surface area contributed by atoms with E-state index in [9.17, 15) is 10.1 Å². The maximum atomic E-state index is 12.4. The summed E-state index contributed by atoms with van der Waals surface area (Å²) in [6.07, 6.45) is 3.79. The first-order valence-corrected chi connectivity index (χ1v) is 12.8. The highest BCUT2D eigenvalue weighted by Crippen LogP contribution is 2.45. The number of hydrogen-bond donors (Lipinski definition) is 1. The summed E-state index contributed by atoms with van der Waals surface area (Å²) >= 11 is 6.14. The Kier molecular flexibility index (Phi) is 8.80. The smallest absolute Gasteiger partial charge is 0.336 e. The molecule has 3 aromatic rings. The number of nitrogens with zero attached hydrogens (tertiary/aromatic N) is 1. The van der Waals surface area contributed by atoms with Crippen LogP contribution in [-0.2, 0) is 4.79 Å². The van der Waals surface area contributed by atoms with Crippen LogP contribution in [0.4, 0.5) is 0 Å². The average molecular weight is 545 g/mol. The highest BCUT2D eigenvalue weighted by Gasteiger charge is 2.31. The van der Waals surface area contributed by atoms with E-state index >= 15 is 0 Å². The molecular weight excluding hydrogens is 516 g/mol. The Morgan fingerprint density at radius 1 is 1.15 bits per heavy atom. The van der Waals surface area contributed by atoms with E-state index in [0.717, 1.165) is 12.0 Å². The van der Waals surface area contributed by atoms with Crippen molar-refractivity contribution >= 4 is 23.6 Å². The maximum Gasteiger partial charge on any atom is 0.336 e. The molecule has 0 aliphatic carbocycles. The Hall–Kier alpha value is -4.41. The highest BCUT2D eigenvalue weighted by atomic mass is 35.5. The molecule has 200 valence electrons. The van der Waals surface area contributed by atoms with Gasteiger partial charge in [0, 0.05) is 22.7 Å². The molecule has 2 N–H and O–H groups in total. The average Bonchev–Trinajstić information content (AvgIpc) is 2.91. The molecule has 8 heteroatoms. The van der Waals surface area contributed by atoms with Crippen LogP contribution in [0, 0.1) is 17.2 Å². The quantitative estimate of drug-likeness (QED) is 0.183. The van der Waals surface area contributed by atoms with Gasteiger partial charge in [0.25, 0.3) is 0 Å². The van der Waals surface area contributed by atoms with Gasteiger partial charge in [0.15, 0.2) is 11.5 Å². The lowest BCUT2D eigenvalue weighted by molar-refractivity contribution is -0.128. The summed E-state index contributed by atoms with van der Waals surface area (Å²) in [6, 6.07) is 19.9. The zero-order valence-corrected chi connectivity index (χ0v) is 22.7. The van der Waals surface area contributed by atoms with Crippen molar-refractivity contribution in [3.63, 3.8) is 0 Å². The number of esters is 1. The molecule has 1 heterocycles. The topological polar surface area (TPSA) is 104 Å². The first-order valence-electron chi connectivity index (χ1n) is 12.5. The fourth-order valence-corrected chi connectivity index (χ4v) is 4.35. The van der Waals surface area contributed by atoms with Gasteiger partial charge in [0.1, 0.15) is 23.1 Å². The van der Waals surface area contributed by atoms with Gasteiger partial charge >= 0.3 is 5.97 Å². The molecular formula is C31H29ClN2O5. The third-order valence-corrected chi connectivity index (χ3v) is 6.53. The fraction of sp³-hybridized carbons (Fsp3) is 0.226. The molecule has 1 aliphatic heterocycles. The predicted octanol–water partition coefficient (Wildman–Crippen LogP) is 6.61. The molecule has 0 saturated carbocycles. The zero-order chi connectivity index (χ0) is 27.9. The van der Waals surface area contributed by atoms with Crippen molar-refractivity contribution < 1.29 is 23.7 Å². The minimum atomic E-state index is -0.582. The van der Waals surface area contributed by atoms with Crippen LogP contribution in [0.15, 0.2) is 78.2 Å². The molecule has 1 unspecified atom stereocenters. The van der Waals surface area contributed by atoms with Gasteiger partial charge in [0.2, 0.25) is 5.88 Å². The molecule has 7 nitrogen and oxygen atoms in total. The van der Waals surface area contributed by atoms with Gasteiger partial charge in [-0.25, -0.2) is 4.79 Å². The molecule has 0 aromatic heterocycles. The van der Waals surface area contributed by atoms with E-state index in [-0.39, 0.29) is 17.2 Å². The number of rotatable bonds is 9. The number of nitriles is 1. The molecule has 0 amide bonds. The summed E-state index contributed by atoms with van der Waals surface area (Å²) in [6.45, 7) is 4.84. The summed E-state index contributed by atoms with van der Waals surface area (Å²) in [4.78, 5) is 12.4. The zero-order valence-electron chi connectivity index (χ0n) is 21.9. The van der Waals surface area contributed by atoms with Crippen molar-refractivity contribution in [3.05, 3.63) is 99.9 Å². The van der Waals surface area contributed by atoms with E-state index in [1.807, 2.05) is 30.3 Å². The van der Waals surface area contributed by atoms with Crippen LogP contribution < -0.4 is 24.7 Å². The van der Waals surface area contributed by atoms with Crippen LogP contribution in [0.25, 0.3) is 6.08 Å². The number of halogens is 1. The largest absolute Gasteiger partial charge is 0.493 e. The van der Waals surface area contributed by atoms with Gasteiger partial charge in [-0.2, -0.15) is 5.26 Å². The van der Waals surface area contributed by atoms with Crippen molar-refractivity contribution in [2.24, 2.45) is 11.7 Å². The van der Waals surface area contributed by atoms with Gasteiger partial charge < -0.3 is 24.7 Å². The molecule has 0 radical (unpaired) electrons. The van der Waals surface area contributed by atoms with Crippen LogP contribution >= 0.6 is 11.6 Å². The lowest BCUT2D eigenvalue weighted by atomic mass is 9.83. The van der Waals surface area contributed by atoms with Crippen LogP contribution in [-0.4, -0.2) is 19.7 Å². The van der Waals surface area contributed by atoms with E-state index in [0.29, 0.717) is 45.9 Å². The Morgan fingerprint density at radius 2 is 1.95 bits per heavy atom. The summed E-state index contributed by atoms with van der Waals surface area (Å²) in [5.74, 6) is 1.22. The Bertz CT molecular complexity index is 1470. The fourth-order valence-electron chi connectivity index (χ4n) is 4.15. The van der Waals surface area contributed by atoms with Gasteiger partial charge in [-0.15, -0.1) is 0 Å². The third-order valence-electron chi connectivity index (χ3n) is 6.19. The van der Waals surface area contributed by atoms with Crippen molar-refractivity contribution in [3.8, 4) is 29.1 Å². The van der Waals surface area contributed by atoms with E-state index < -0.39 is 11.9 Å². The number of benzene rings is 3. The molecule has 1 aliphatic rings. The van der Waals surface area contributed by atoms with Crippen LogP contribution in [0.5, 0.6) is 23.0 Å². The number of fused-ring (bicyclic) bond motifs is 1. The van der Waals surface area contributed by atoms with Gasteiger partial charge in [-0.1, -0.05) is 55.8 Å². The van der Waals surface area contributed by atoms with Gasteiger partial charge in [-0.3, -0.25) is 0 Å². The lowest BCUT2D eigenvalue weighted by Crippen LogP contribution is -2.21. The second kappa shape index (κ2) is 12.4. The number of allylic oxidation sites excluding steroid dienone is 1. The molecule has 4 rings (SSSR count). The summed E-state index contributed by atoms with van der Waals surface area (Å²) in [7, 11) is 1.57. The normalized spacial score (nSPS) is 14.5. The van der Waals surface area contributed by atoms with Crippen molar-refractivity contribution in [1.29, 1.82) is 5.26 Å². The molecule has 0 spiro atoms. The van der Waals surface area contributed by atoms with Crippen LogP contribution in [0.2, 0.25) is 5.02 Å². The lowest BCUT2D eigenvalue weighted by Gasteiger charge is -2.27. The second-order valence-corrected chi connectivity index (χ2v) is 9.75. The van der Waals surface area contributed by atoms with Gasteiger partial charge in [-0.05, 0) is 53.8 Å². The maximum absolute atomic E-state index is 12.4. The number of carbonyl (C=O) groups excluding carboxylic acids is 1. The van der Waals surface area contributed by atoms with E-state index in [1.54, 1.807) is 43.5 Å². The number of hydrogen-bond acceptors (Lipinski definition) is 7.